The van der Waals surface area contributed by atoms with Crippen molar-refractivity contribution in [3.05, 3.63) is 0 Å². The molecule has 0 radical (unpaired) electrons. The second kappa shape index (κ2) is 8.45. The van der Waals surface area contributed by atoms with Crippen LogP contribution in [0.25, 0.3) is 0 Å². The van der Waals surface area contributed by atoms with E-state index in [0.29, 0.717) is 18.9 Å². The summed E-state index contributed by atoms with van der Waals surface area (Å²) >= 11 is 0. The highest BCUT2D eigenvalue weighted by atomic mass is 16.5. The molecule has 0 aromatic heterocycles. The van der Waals surface area contributed by atoms with Crippen LogP contribution in [0.15, 0.2) is 0 Å². The molecule has 0 spiro atoms. The highest BCUT2D eigenvalue weighted by Gasteiger charge is 2.19. The molecule has 0 aromatic rings. The summed E-state index contributed by atoms with van der Waals surface area (Å²) < 4.78 is 5.34. The van der Waals surface area contributed by atoms with E-state index < -0.39 is 12.0 Å². The average molecular weight is 258 g/mol. The smallest absolute Gasteiger partial charge is 0.320 e. The summed E-state index contributed by atoms with van der Waals surface area (Å²) in [5.74, 6) is -0.0533. The maximum atomic E-state index is 11.0. The zero-order chi connectivity index (χ0) is 13.4. The molecule has 18 heavy (non-hydrogen) atoms. The van der Waals surface area contributed by atoms with Gasteiger partial charge >= 0.3 is 5.97 Å². The van der Waals surface area contributed by atoms with Gasteiger partial charge in [-0.3, -0.25) is 4.79 Å². The van der Waals surface area contributed by atoms with E-state index in [-0.39, 0.29) is 0 Å². The number of nitrogens with zero attached hydrogens (tertiary/aromatic N) is 1. The van der Waals surface area contributed by atoms with Crippen molar-refractivity contribution >= 4 is 5.97 Å². The number of ether oxygens (including phenoxy) is 1. The molecule has 1 aliphatic rings. The molecule has 0 aliphatic carbocycles. The molecule has 1 saturated heterocycles. The average Bonchev–Trinajstić information content (AvgIpc) is 2.35. The van der Waals surface area contributed by atoms with E-state index in [4.69, 9.17) is 9.84 Å². The Hall–Kier alpha value is -0.650. The Kier molecular flexibility index (Phi) is 7.23. The van der Waals surface area contributed by atoms with Crippen molar-refractivity contribution in [3.63, 3.8) is 0 Å². The van der Waals surface area contributed by atoms with Gasteiger partial charge in [0.25, 0.3) is 0 Å². The van der Waals surface area contributed by atoms with Crippen molar-refractivity contribution in [1.29, 1.82) is 0 Å². The molecule has 106 valence electrons. The van der Waals surface area contributed by atoms with Crippen LogP contribution >= 0.6 is 0 Å². The molecular formula is C13H26N2O3. The second-order valence-corrected chi connectivity index (χ2v) is 5.06. The van der Waals surface area contributed by atoms with Gasteiger partial charge in [-0.15, -0.1) is 0 Å². The molecule has 1 atom stereocenters. The number of hydrogen-bond acceptors (Lipinski definition) is 4. The first kappa shape index (κ1) is 15.4. The van der Waals surface area contributed by atoms with E-state index in [9.17, 15) is 4.79 Å². The summed E-state index contributed by atoms with van der Waals surface area (Å²) in [5, 5.41) is 12.0. The zero-order valence-corrected chi connectivity index (χ0v) is 11.5. The lowest BCUT2D eigenvalue weighted by Crippen LogP contribution is -2.40. The van der Waals surface area contributed by atoms with Crippen LogP contribution in [-0.4, -0.2) is 61.9 Å². The van der Waals surface area contributed by atoms with E-state index in [2.05, 4.69) is 17.3 Å². The molecular weight excluding hydrogens is 232 g/mol. The molecule has 2 N–H and O–H groups in total. The fraction of sp³-hybridized carbons (Fsp3) is 0.923. The van der Waals surface area contributed by atoms with Crippen LogP contribution in [0.3, 0.4) is 0 Å². The fourth-order valence-corrected chi connectivity index (χ4v) is 2.37. The predicted octanol–water partition coefficient (Wildman–Crippen LogP) is 0.798. The maximum absolute atomic E-state index is 11.0. The molecule has 1 rings (SSSR count). The third-order valence-electron chi connectivity index (χ3n) is 3.46. The first-order chi connectivity index (χ1) is 8.63. The van der Waals surface area contributed by atoms with Crippen molar-refractivity contribution in [2.24, 2.45) is 5.92 Å². The van der Waals surface area contributed by atoms with Gasteiger partial charge in [0.05, 0.1) is 0 Å². The first-order valence-corrected chi connectivity index (χ1v) is 6.86. The van der Waals surface area contributed by atoms with Gasteiger partial charge < -0.3 is 20.1 Å². The lowest BCUT2D eigenvalue weighted by molar-refractivity contribution is -0.139. The number of carboxylic acid groups (broad SMARTS) is 1. The van der Waals surface area contributed by atoms with Crippen LogP contribution in [0, 0.1) is 5.92 Å². The Bertz CT molecular complexity index is 242. The van der Waals surface area contributed by atoms with Crippen LogP contribution in [0.4, 0.5) is 0 Å². The number of carbonyl (C=O) groups is 1. The molecule has 0 aromatic carbocycles. The number of hydrogen-bond donors (Lipinski definition) is 2. The summed E-state index contributed by atoms with van der Waals surface area (Å²) in [6.45, 7) is 6.23. The number of likely N-dealkylation sites (N-methyl/N-ethyl adjacent to an activating group) is 1. The summed E-state index contributed by atoms with van der Waals surface area (Å²) in [4.78, 5) is 13.2. The quantitative estimate of drug-likeness (QED) is 0.674. The SMILES string of the molecule is CCNC(CCN(C)CC1CCOCC1)C(=O)O. The monoisotopic (exact) mass is 258 g/mol. The van der Waals surface area contributed by atoms with Crippen molar-refractivity contribution in [2.45, 2.75) is 32.2 Å². The fourth-order valence-electron chi connectivity index (χ4n) is 2.37. The number of carboxylic acids is 1. The normalized spacial score (nSPS) is 19.1. The summed E-state index contributed by atoms with van der Waals surface area (Å²) in [6, 6.07) is -0.424. The van der Waals surface area contributed by atoms with Gasteiger partial charge in [0.15, 0.2) is 0 Å². The van der Waals surface area contributed by atoms with Gasteiger partial charge in [-0.2, -0.15) is 0 Å². The maximum Gasteiger partial charge on any atom is 0.320 e. The Balaban J connectivity index is 2.21. The summed E-state index contributed by atoms with van der Waals surface area (Å²) in [5.41, 5.74) is 0. The van der Waals surface area contributed by atoms with E-state index in [1.807, 2.05) is 6.92 Å². The third-order valence-corrected chi connectivity index (χ3v) is 3.46. The molecule has 0 bridgehead atoms. The summed E-state index contributed by atoms with van der Waals surface area (Å²) in [7, 11) is 2.07. The minimum Gasteiger partial charge on any atom is -0.480 e. The topological polar surface area (TPSA) is 61.8 Å². The zero-order valence-electron chi connectivity index (χ0n) is 11.5. The molecule has 1 heterocycles. The van der Waals surface area contributed by atoms with E-state index in [1.54, 1.807) is 0 Å². The van der Waals surface area contributed by atoms with E-state index >= 15 is 0 Å². The highest BCUT2D eigenvalue weighted by molar-refractivity contribution is 5.73. The van der Waals surface area contributed by atoms with Crippen molar-refractivity contribution in [3.8, 4) is 0 Å². The van der Waals surface area contributed by atoms with E-state index in [1.165, 1.54) is 0 Å². The Morgan fingerprint density at radius 2 is 2.17 bits per heavy atom. The standard InChI is InChI=1S/C13H26N2O3/c1-3-14-12(13(16)17)4-7-15(2)10-11-5-8-18-9-6-11/h11-12,14H,3-10H2,1-2H3,(H,16,17). The lowest BCUT2D eigenvalue weighted by atomic mass is 10.00. The number of rotatable bonds is 8. The predicted molar refractivity (Wildman–Crippen MR) is 70.8 cm³/mol. The summed E-state index contributed by atoms with van der Waals surface area (Å²) in [6.07, 6.45) is 2.91. The minimum absolute atomic E-state index is 0.424. The van der Waals surface area contributed by atoms with E-state index in [0.717, 1.165) is 39.1 Å². The Morgan fingerprint density at radius 1 is 1.50 bits per heavy atom. The molecule has 5 heteroatoms. The molecule has 1 fully saturated rings. The Labute approximate surface area is 109 Å². The molecule has 0 amide bonds. The van der Waals surface area contributed by atoms with Gasteiger partial charge in [0.2, 0.25) is 0 Å². The van der Waals surface area contributed by atoms with Crippen LogP contribution in [-0.2, 0) is 9.53 Å². The molecule has 1 unspecified atom stereocenters. The van der Waals surface area contributed by atoms with Gasteiger partial charge in [0.1, 0.15) is 6.04 Å². The molecule has 1 aliphatic heterocycles. The van der Waals surface area contributed by atoms with Crippen molar-refractivity contribution < 1.29 is 14.6 Å². The van der Waals surface area contributed by atoms with Gasteiger partial charge in [-0.05, 0) is 45.3 Å². The van der Waals surface area contributed by atoms with Crippen molar-refractivity contribution in [2.75, 3.05) is 39.9 Å². The highest BCUT2D eigenvalue weighted by Crippen LogP contribution is 2.15. The van der Waals surface area contributed by atoms with Crippen LogP contribution < -0.4 is 5.32 Å². The molecule has 5 nitrogen and oxygen atoms in total. The van der Waals surface area contributed by atoms with Crippen LogP contribution in [0.1, 0.15) is 26.2 Å². The largest absolute Gasteiger partial charge is 0.480 e. The van der Waals surface area contributed by atoms with Gasteiger partial charge in [-0.25, -0.2) is 0 Å². The molecule has 0 saturated carbocycles. The number of nitrogens with one attached hydrogen (secondary N) is 1. The third kappa shape index (κ3) is 5.80. The minimum atomic E-state index is -0.753. The van der Waals surface area contributed by atoms with Crippen LogP contribution in [0.2, 0.25) is 0 Å². The van der Waals surface area contributed by atoms with Gasteiger partial charge in [0, 0.05) is 19.8 Å². The lowest BCUT2D eigenvalue weighted by Gasteiger charge is -2.27. The Morgan fingerprint density at radius 3 is 2.72 bits per heavy atom. The van der Waals surface area contributed by atoms with Crippen molar-refractivity contribution in [1.82, 2.24) is 10.2 Å². The number of aliphatic carboxylic acids is 1. The van der Waals surface area contributed by atoms with Crippen LogP contribution in [0.5, 0.6) is 0 Å². The van der Waals surface area contributed by atoms with Gasteiger partial charge in [-0.1, -0.05) is 6.92 Å². The second-order valence-electron chi connectivity index (χ2n) is 5.06. The first-order valence-electron chi connectivity index (χ1n) is 6.86.